The number of hydrogen-bond donors (Lipinski definition) is 0. The van der Waals surface area contributed by atoms with Gasteiger partial charge in [0, 0.05) is 14.1 Å². The van der Waals surface area contributed by atoms with Crippen LogP contribution in [0.25, 0.3) is 0 Å². The van der Waals surface area contributed by atoms with E-state index in [2.05, 4.69) is 4.99 Å². The average molecular weight is 279 g/mol. The van der Waals surface area contributed by atoms with Gasteiger partial charge in [-0.3, -0.25) is 4.79 Å². The zero-order valence-corrected chi connectivity index (χ0v) is 10.4. The number of benzene rings is 1. The van der Waals surface area contributed by atoms with Crippen LogP contribution in [0.15, 0.2) is 23.2 Å². The summed E-state index contributed by atoms with van der Waals surface area (Å²) in [5.41, 5.74) is -1.32. The summed E-state index contributed by atoms with van der Waals surface area (Å²) in [5, 5.41) is -0.633. The predicted molar refractivity (Wildman–Crippen MR) is 63.0 cm³/mol. The number of halogens is 4. The van der Waals surface area contributed by atoms with Crippen molar-refractivity contribution in [2.24, 2.45) is 4.99 Å². The normalized spacial score (nSPS) is 11.9. The van der Waals surface area contributed by atoms with E-state index in [1.54, 1.807) is 14.1 Å². The Morgan fingerprint density at radius 1 is 1.39 bits per heavy atom. The van der Waals surface area contributed by atoms with Gasteiger partial charge in [0.05, 0.1) is 22.5 Å². The maximum atomic E-state index is 12.6. The molecule has 0 aromatic heterocycles. The Morgan fingerprint density at radius 3 is 2.50 bits per heavy atom. The van der Waals surface area contributed by atoms with Crippen LogP contribution >= 0.6 is 11.6 Å². The summed E-state index contributed by atoms with van der Waals surface area (Å²) < 4.78 is 37.7. The van der Waals surface area contributed by atoms with Gasteiger partial charge in [0.15, 0.2) is 0 Å². The highest BCUT2D eigenvalue weighted by Gasteiger charge is 2.34. The van der Waals surface area contributed by atoms with Crippen LogP contribution in [-0.4, -0.2) is 31.2 Å². The van der Waals surface area contributed by atoms with Gasteiger partial charge in [0.2, 0.25) is 0 Å². The Labute approximate surface area is 107 Å². The topological polar surface area (TPSA) is 32.7 Å². The van der Waals surface area contributed by atoms with Gasteiger partial charge in [-0.1, -0.05) is 17.7 Å². The predicted octanol–water partition coefficient (Wildman–Crippen LogP) is 3.09. The third-order valence-corrected chi connectivity index (χ3v) is 2.35. The highest BCUT2D eigenvalue weighted by molar-refractivity contribution is 6.34. The molecule has 1 aromatic carbocycles. The SMILES string of the molecule is CN(C)C=NC(=O)c1cccc(C(F)(F)F)c1Cl. The Bertz CT molecular complexity index is 484. The van der Waals surface area contributed by atoms with Crippen molar-refractivity contribution >= 4 is 23.8 Å². The zero-order valence-electron chi connectivity index (χ0n) is 9.62. The zero-order chi connectivity index (χ0) is 13.9. The molecule has 0 aliphatic heterocycles. The first kappa shape index (κ1) is 14.5. The molecule has 0 bridgehead atoms. The van der Waals surface area contributed by atoms with Crippen LogP contribution in [0.3, 0.4) is 0 Å². The Balaban J connectivity index is 3.16. The van der Waals surface area contributed by atoms with Crippen LogP contribution in [0.2, 0.25) is 5.02 Å². The molecule has 7 heteroatoms. The summed E-state index contributed by atoms with van der Waals surface area (Å²) in [5.74, 6) is -0.820. The van der Waals surface area contributed by atoms with Gasteiger partial charge in [0.1, 0.15) is 0 Å². The first-order valence-corrected chi connectivity index (χ1v) is 5.22. The Kier molecular flexibility index (Phi) is 4.34. The van der Waals surface area contributed by atoms with Crippen LogP contribution < -0.4 is 0 Å². The molecule has 0 heterocycles. The molecule has 1 amide bonds. The van der Waals surface area contributed by atoms with Crippen LogP contribution in [0, 0.1) is 0 Å². The number of carbonyl (C=O) groups is 1. The van der Waals surface area contributed by atoms with Gasteiger partial charge < -0.3 is 4.90 Å². The highest BCUT2D eigenvalue weighted by atomic mass is 35.5. The van der Waals surface area contributed by atoms with Crippen molar-refractivity contribution in [2.75, 3.05) is 14.1 Å². The molecule has 0 radical (unpaired) electrons. The molecule has 0 saturated heterocycles. The van der Waals surface area contributed by atoms with Crippen LogP contribution in [0.5, 0.6) is 0 Å². The average Bonchev–Trinajstić information content (AvgIpc) is 2.24. The smallest absolute Gasteiger partial charge is 0.369 e. The summed E-state index contributed by atoms with van der Waals surface area (Å²) in [6.07, 6.45) is -3.41. The molecule has 98 valence electrons. The van der Waals surface area contributed by atoms with Gasteiger partial charge in [-0.15, -0.1) is 0 Å². The molecule has 0 aliphatic carbocycles. The lowest BCUT2D eigenvalue weighted by molar-refractivity contribution is -0.137. The maximum Gasteiger partial charge on any atom is 0.417 e. The minimum Gasteiger partial charge on any atom is -0.369 e. The minimum absolute atomic E-state index is 0.274. The van der Waals surface area contributed by atoms with Crippen molar-refractivity contribution in [1.82, 2.24) is 4.90 Å². The lowest BCUT2D eigenvalue weighted by Crippen LogP contribution is -2.11. The van der Waals surface area contributed by atoms with Crippen molar-refractivity contribution in [3.05, 3.63) is 34.3 Å². The van der Waals surface area contributed by atoms with Gasteiger partial charge >= 0.3 is 6.18 Å². The first-order chi connectivity index (χ1) is 8.23. The Hall–Kier alpha value is -1.56. The molecule has 0 N–H and O–H groups in total. The number of carbonyl (C=O) groups excluding carboxylic acids is 1. The quantitative estimate of drug-likeness (QED) is 0.615. The highest BCUT2D eigenvalue weighted by Crippen LogP contribution is 2.36. The van der Waals surface area contributed by atoms with Crippen LogP contribution in [0.1, 0.15) is 15.9 Å². The number of nitrogens with zero attached hydrogens (tertiary/aromatic N) is 2. The van der Waals surface area contributed by atoms with Crippen molar-refractivity contribution < 1.29 is 18.0 Å². The van der Waals surface area contributed by atoms with E-state index >= 15 is 0 Å². The van der Waals surface area contributed by atoms with Gasteiger partial charge in [-0.2, -0.15) is 18.2 Å². The molecular formula is C11H10ClF3N2O. The van der Waals surface area contributed by atoms with E-state index in [1.807, 2.05) is 0 Å². The van der Waals surface area contributed by atoms with E-state index in [0.717, 1.165) is 12.1 Å². The van der Waals surface area contributed by atoms with E-state index in [9.17, 15) is 18.0 Å². The third-order valence-electron chi connectivity index (χ3n) is 1.94. The summed E-state index contributed by atoms with van der Waals surface area (Å²) in [6.45, 7) is 0. The van der Waals surface area contributed by atoms with Crippen molar-refractivity contribution in [2.45, 2.75) is 6.18 Å². The molecule has 0 saturated carbocycles. The van der Waals surface area contributed by atoms with E-state index < -0.39 is 22.7 Å². The third kappa shape index (κ3) is 3.46. The van der Waals surface area contributed by atoms with Gasteiger partial charge in [-0.25, -0.2) is 0 Å². The van der Waals surface area contributed by atoms with Crippen molar-refractivity contribution in [3.8, 4) is 0 Å². The fraction of sp³-hybridized carbons (Fsp3) is 0.273. The van der Waals surface area contributed by atoms with Gasteiger partial charge in [-0.05, 0) is 12.1 Å². The number of alkyl halides is 3. The fourth-order valence-corrected chi connectivity index (χ4v) is 1.47. The molecule has 3 nitrogen and oxygen atoms in total. The van der Waals surface area contributed by atoms with Crippen molar-refractivity contribution in [1.29, 1.82) is 0 Å². The summed E-state index contributed by atoms with van der Waals surface area (Å²) in [6, 6.07) is 3.13. The lowest BCUT2D eigenvalue weighted by Gasteiger charge is -2.10. The molecule has 1 rings (SSSR count). The van der Waals surface area contributed by atoms with E-state index in [4.69, 9.17) is 11.6 Å². The molecule has 0 unspecified atom stereocenters. The van der Waals surface area contributed by atoms with E-state index in [-0.39, 0.29) is 5.56 Å². The molecule has 0 spiro atoms. The summed E-state index contributed by atoms with van der Waals surface area (Å²) >= 11 is 5.58. The molecule has 0 fully saturated rings. The van der Waals surface area contributed by atoms with Crippen LogP contribution in [0.4, 0.5) is 13.2 Å². The second-order valence-corrected chi connectivity index (χ2v) is 4.06. The summed E-state index contributed by atoms with van der Waals surface area (Å²) in [7, 11) is 3.26. The first-order valence-electron chi connectivity index (χ1n) is 4.84. The summed E-state index contributed by atoms with van der Waals surface area (Å²) in [4.78, 5) is 16.5. The standard InChI is InChI=1S/C11H10ClF3N2O/c1-17(2)6-16-10(18)7-4-3-5-8(9(7)12)11(13,14)15/h3-6H,1-2H3. The number of amides is 1. The molecule has 18 heavy (non-hydrogen) atoms. The fourth-order valence-electron chi connectivity index (χ4n) is 1.15. The van der Waals surface area contributed by atoms with E-state index in [1.165, 1.54) is 17.3 Å². The lowest BCUT2D eigenvalue weighted by atomic mass is 10.1. The second-order valence-electron chi connectivity index (χ2n) is 3.68. The number of hydrogen-bond acceptors (Lipinski definition) is 1. The largest absolute Gasteiger partial charge is 0.417 e. The Morgan fingerprint density at radius 2 is 2.00 bits per heavy atom. The second kappa shape index (κ2) is 5.39. The monoisotopic (exact) mass is 278 g/mol. The number of rotatable bonds is 2. The molecule has 0 aliphatic rings. The molecule has 0 atom stereocenters. The van der Waals surface area contributed by atoms with Gasteiger partial charge in [0.25, 0.3) is 5.91 Å². The molecule has 1 aromatic rings. The van der Waals surface area contributed by atoms with E-state index in [0.29, 0.717) is 0 Å². The minimum atomic E-state index is -4.60. The maximum absolute atomic E-state index is 12.6. The van der Waals surface area contributed by atoms with Crippen LogP contribution in [-0.2, 0) is 6.18 Å². The number of aliphatic imine (C=N–C) groups is 1. The van der Waals surface area contributed by atoms with Crippen molar-refractivity contribution in [3.63, 3.8) is 0 Å². The molecular weight excluding hydrogens is 269 g/mol.